The van der Waals surface area contributed by atoms with Gasteiger partial charge in [0.25, 0.3) is 5.91 Å². The van der Waals surface area contributed by atoms with Crippen molar-refractivity contribution in [2.75, 3.05) is 13.7 Å². The Hall–Kier alpha value is -2.91. The third kappa shape index (κ3) is 6.58. The van der Waals surface area contributed by atoms with E-state index in [1.165, 1.54) is 26.2 Å². The first kappa shape index (κ1) is 22.4. The molecule has 0 fully saturated rings. The lowest BCUT2D eigenvalue weighted by Crippen LogP contribution is -2.40. The number of amides is 1. The van der Waals surface area contributed by atoms with Crippen LogP contribution in [0, 0.1) is 6.92 Å². The zero-order valence-electron chi connectivity index (χ0n) is 16.5. The molecule has 2 aromatic rings. The van der Waals surface area contributed by atoms with Crippen molar-refractivity contribution in [3.8, 4) is 5.75 Å². The second kappa shape index (κ2) is 10.0. The van der Waals surface area contributed by atoms with E-state index in [9.17, 15) is 18.0 Å². The topological polar surface area (TPSA) is 111 Å². The molecule has 29 heavy (non-hydrogen) atoms. The van der Waals surface area contributed by atoms with E-state index in [4.69, 9.17) is 9.47 Å². The van der Waals surface area contributed by atoms with E-state index >= 15 is 0 Å². The lowest BCUT2D eigenvalue weighted by molar-refractivity contribution is -0.149. The summed E-state index contributed by atoms with van der Waals surface area (Å²) in [5.74, 6) is -0.741. The Morgan fingerprint density at radius 1 is 1.07 bits per heavy atom. The average Bonchev–Trinajstić information content (AvgIpc) is 2.70. The van der Waals surface area contributed by atoms with Crippen LogP contribution in [-0.4, -0.2) is 40.1 Å². The summed E-state index contributed by atoms with van der Waals surface area (Å²) < 4.78 is 36.9. The fourth-order valence-electron chi connectivity index (χ4n) is 2.42. The Kier molecular flexibility index (Phi) is 7.74. The first-order chi connectivity index (χ1) is 13.7. The molecular formula is C20H24N2O6S. The molecule has 0 aliphatic heterocycles. The molecule has 0 aliphatic rings. The first-order valence-corrected chi connectivity index (χ1v) is 10.4. The van der Waals surface area contributed by atoms with Gasteiger partial charge in [-0.15, -0.1) is 0 Å². The van der Waals surface area contributed by atoms with Gasteiger partial charge in [-0.05, 0) is 32.0 Å². The van der Waals surface area contributed by atoms with Crippen molar-refractivity contribution in [2.24, 2.45) is 0 Å². The zero-order chi connectivity index (χ0) is 21.4. The molecular weight excluding hydrogens is 396 g/mol. The van der Waals surface area contributed by atoms with Crippen LogP contribution in [0.15, 0.2) is 53.4 Å². The van der Waals surface area contributed by atoms with Crippen molar-refractivity contribution >= 4 is 21.9 Å². The van der Waals surface area contributed by atoms with Crippen molar-refractivity contribution in [3.63, 3.8) is 0 Å². The van der Waals surface area contributed by atoms with Crippen LogP contribution >= 0.6 is 0 Å². The Labute approximate surface area is 170 Å². The first-order valence-electron chi connectivity index (χ1n) is 8.87. The summed E-state index contributed by atoms with van der Waals surface area (Å²) in [6, 6.07) is 12.2. The third-order valence-electron chi connectivity index (χ3n) is 4.03. The number of aryl methyl sites for hydroxylation is 1. The summed E-state index contributed by atoms with van der Waals surface area (Å²) in [5, 5.41) is 2.61. The van der Waals surface area contributed by atoms with Crippen LogP contribution < -0.4 is 14.8 Å². The average molecular weight is 420 g/mol. The van der Waals surface area contributed by atoms with E-state index in [2.05, 4.69) is 10.0 Å². The van der Waals surface area contributed by atoms with Crippen LogP contribution in [0.4, 0.5) is 0 Å². The van der Waals surface area contributed by atoms with E-state index in [-0.39, 0.29) is 11.4 Å². The van der Waals surface area contributed by atoms with Gasteiger partial charge >= 0.3 is 5.97 Å². The van der Waals surface area contributed by atoms with Gasteiger partial charge in [0.1, 0.15) is 11.8 Å². The summed E-state index contributed by atoms with van der Waals surface area (Å²) in [6.07, 6.45) is 0. The van der Waals surface area contributed by atoms with Gasteiger partial charge < -0.3 is 14.8 Å². The Morgan fingerprint density at radius 2 is 1.72 bits per heavy atom. The highest BCUT2D eigenvalue weighted by Gasteiger charge is 2.23. The highest BCUT2D eigenvalue weighted by Crippen LogP contribution is 2.16. The molecule has 1 atom stereocenters. The van der Waals surface area contributed by atoms with Crippen LogP contribution in [-0.2, 0) is 30.9 Å². The Balaban J connectivity index is 1.83. The molecule has 0 radical (unpaired) electrons. The summed E-state index contributed by atoms with van der Waals surface area (Å²) >= 11 is 0. The van der Waals surface area contributed by atoms with E-state index in [1.54, 1.807) is 24.3 Å². The molecule has 0 spiro atoms. The maximum absolute atomic E-state index is 12.3. The molecule has 0 saturated carbocycles. The molecule has 1 amide bonds. The van der Waals surface area contributed by atoms with Crippen LogP contribution in [0.5, 0.6) is 5.75 Å². The van der Waals surface area contributed by atoms with Gasteiger partial charge in [0.2, 0.25) is 10.0 Å². The summed E-state index contributed by atoms with van der Waals surface area (Å²) in [6.45, 7) is 2.87. The smallest absolute Gasteiger partial charge is 0.324 e. The molecule has 0 aliphatic carbocycles. The number of methoxy groups -OCH3 is 1. The second-order valence-electron chi connectivity index (χ2n) is 6.35. The quantitative estimate of drug-likeness (QED) is 0.595. The number of nitrogens with one attached hydrogen (secondary N) is 2. The lowest BCUT2D eigenvalue weighted by Gasteiger charge is -2.14. The van der Waals surface area contributed by atoms with Crippen molar-refractivity contribution in [1.29, 1.82) is 0 Å². The highest BCUT2D eigenvalue weighted by atomic mass is 32.2. The number of ether oxygens (including phenoxy) is 2. The van der Waals surface area contributed by atoms with Crippen molar-refractivity contribution in [3.05, 3.63) is 59.7 Å². The maximum Gasteiger partial charge on any atom is 0.324 e. The largest absolute Gasteiger partial charge is 0.496 e. The molecule has 2 N–H and O–H groups in total. The van der Waals surface area contributed by atoms with Crippen LogP contribution in [0.1, 0.15) is 18.1 Å². The lowest BCUT2D eigenvalue weighted by atomic mass is 10.2. The molecule has 156 valence electrons. The normalized spacial score (nSPS) is 12.1. The van der Waals surface area contributed by atoms with Gasteiger partial charge in [-0.2, -0.15) is 4.72 Å². The van der Waals surface area contributed by atoms with E-state index in [0.29, 0.717) is 5.75 Å². The van der Waals surface area contributed by atoms with Gasteiger partial charge in [0, 0.05) is 12.1 Å². The van der Waals surface area contributed by atoms with Gasteiger partial charge in [-0.25, -0.2) is 8.42 Å². The summed E-state index contributed by atoms with van der Waals surface area (Å²) in [4.78, 5) is 24.0. The summed E-state index contributed by atoms with van der Waals surface area (Å²) in [5.41, 5.74) is 1.68. The number of carbonyl (C=O) groups excluding carboxylic acids is 2. The number of benzene rings is 2. The molecule has 0 heterocycles. The standard InChI is InChI=1S/C20H24N2O6S/c1-14-8-10-17(11-9-14)29(25,26)22-15(2)20(24)28-13-19(23)21-12-16-6-4-5-7-18(16)27-3/h4-11,15,22H,12-13H2,1-3H3,(H,21,23)/t15-/m0/s1. The van der Waals surface area contributed by atoms with Gasteiger partial charge in [-0.1, -0.05) is 35.9 Å². The minimum Gasteiger partial charge on any atom is -0.496 e. The van der Waals surface area contributed by atoms with Gasteiger partial charge in [0.15, 0.2) is 6.61 Å². The monoisotopic (exact) mass is 420 g/mol. The van der Waals surface area contributed by atoms with Crippen LogP contribution in [0.2, 0.25) is 0 Å². The molecule has 0 aromatic heterocycles. The number of carbonyl (C=O) groups is 2. The van der Waals surface area contributed by atoms with Crippen LogP contribution in [0.25, 0.3) is 0 Å². The Morgan fingerprint density at radius 3 is 2.38 bits per heavy atom. The Bertz CT molecular complexity index is 957. The van der Waals surface area contributed by atoms with Crippen molar-refractivity contribution < 1.29 is 27.5 Å². The van der Waals surface area contributed by atoms with E-state index < -0.39 is 34.5 Å². The fourth-order valence-corrected chi connectivity index (χ4v) is 3.61. The highest BCUT2D eigenvalue weighted by molar-refractivity contribution is 7.89. The van der Waals surface area contributed by atoms with Gasteiger partial charge in [-0.3, -0.25) is 9.59 Å². The number of para-hydroxylation sites is 1. The molecule has 0 bridgehead atoms. The minimum absolute atomic E-state index is 0.0392. The predicted octanol–water partition coefficient (Wildman–Crippen LogP) is 1.53. The number of hydrogen-bond donors (Lipinski definition) is 2. The number of rotatable bonds is 9. The number of hydrogen-bond acceptors (Lipinski definition) is 6. The SMILES string of the molecule is COc1ccccc1CNC(=O)COC(=O)[C@H](C)NS(=O)(=O)c1ccc(C)cc1. The zero-order valence-corrected chi connectivity index (χ0v) is 17.3. The molecule has 0 saturated heterocycles. The van der Waals surface area contributed by atoms with Crippen molar-refractivity contribution in [1.82, 2.24) is 10.0 Å². The van der Waals surface area contributed by atoms with E-state index in [1.807, 2.05) is 19.1 Å². The molecule has 8 nitrogen and oxygen atoms in total. The van der Waals surface area contributed by atoms with Crippen molar-refractivity contribution in [2.45, 2.75) is 31.3 Å². The molecule has 2 aromatic carbocycles. The molecule has 0 unspecified atom stereocenters. The molecule has 2 rings (SSSR count). The minimum atomic E-state index is -3.88. The maximum atomic E-state index is 12.3. The number of esters is 1. The van der Waals surface area contributed by atoms with Crippen LogP contribution in [0.3, 0.4) is 0 Å². The third-order valence-corrected chi connectivity index (χ3v) is 5.59. The number of sulfonamides is 1. The molecule has 9 heteroatoms. The second-order valence-corrected chi connectivity index (χ2v) is 8.07. The fraction of sp³-hybridized carbons (Fsp3) is 0.300. The van der Waals surface area contributed by atoms with E-state index in [0.717, 1.165) is 11.1 Å². The van der Waals surface area contributed by atoms with Gasteiger partial charge in [0.05, 0.1) is 12.0 Å². The predicted molar refractivity (Wildman–Crippen MR) is 107 cm³/mol. The summed E-state index contributed by atoms with van der Waals surface area (Å²) in [7, 11) is -2.35.